The van der Waals surface area contributed by atoms with Crippen molar-refractivity contribution in [1.29, 1.82) is 0 Å². The maximum atomic E-state index is 11.5. The Morgan fingerprint density at radius 2 is 2.00 bits per heavy atom. The molecule has 0 atom stereocenters. The van der Waals surface area contributed by atoms with Gasteiger partial charge in [0.15, 0.2) is 9.84 Å². The summed E-state index contributed by atoms with van der Waals surface area (Å²) >= 11 is 0. The quantitative estimate of drug-likeness (QED) is 0.676. The first kappa shape index (κ1) is 16.3. The minimum atomic E-state index is -3.28. The molecule has 1 rings (SSSR count). The Morgan fingerprint density at radius 1 is 1.35 bits per heavy atom. The molecule has 0 saturated carbocycles. The van der Waals surface area contributed by atoms with Gasteiger partial charge in [0.05, 0.1) is 22.8 Å². The van der Waals surface area contributed by atoms with Crippen LogP contribution in [0.25, 0.3) is 0 Å². The van der Waals surface area contributed by atoms with E-state index in [9.17, 15) is 13.2 Å². The summed E-state index contributed by atoms with van der Waals surface area (Å²) in [5.74, 6) is 0.253. The third kappa shape index (κ3) is 5.08. The third-order valence-electron chi connectivity index (χ3n) is 2.60. The number of sulfone groups is 1. The summed E-state index contributed by atoms with van der Waals surface area (Å²) in [6.07, 6.45) is 1.12. The van der Waals surface area contributed by atoms with E-state index in [1.807, 2.05) is 13.8 Å². The summed E-state index contributed by atoms with van der Waals surface area (Å²) in [4.78, 5) is 11.7. The van der Waals surface area contributed by atoms with Gasteiger partial charge in [-0.05, 0) is 24.1 Å². The maximum Gasteiger partial charge on any atom is 0.239 e. The highest BCUT2D eigenvalue weighted by Gasteiger charge is 2.10. The van der Waals surface area contributed by atoms with Gasteiger partial charge in [0, 0.05) is 12.8 Å². The number of carbonyl (C=O) groups excluding carboxylic acids is 1. The number of nitrogen functional groups attached to an aromatic ring is 1. The Hall–Kier alpha value is -1.76. The summed E-state index contributed by atoms with van der Waals surface area (Å²) in [5, 5.41) is 5.65. The fourth-order valence-corrected chi connectivity index (χ4v) is 2.14. The number of nitrogens with two attached hydrogens (primary N) is 1. The molecule has 0 spiro atoms. The molecule has 0 aliphatic heterocycles. The van der Waals surface area contributed by atoms with Crippen LogP contribution >= 0.6 is 0 Å². The fourth-order valence-electron chi connectivity index (χ4n) is 1.49. The second-order valence-electron chi connectivity index (χ2n) is 5.07. The highest BCUT2D eigenvalue weighted by atomic mass is 32.2. The van der Waals surface area contributed by atoms with Crippen molar-refractivity contribution in [2.45, 2.75) is 18.7 Å². The Morgan fingerprint density at radius 3 is 2.50 bits per heavy atom. The van der Waals surface area contributed by atoms with Crippen molar-refractivity contribution in [3.05, 3.63) is 18.2 Å². The maximum absolute atomic E-state index is 11.5. The van der Waals surface area contributed by atoms with E-state index in [1.54, 1.807) is 6.07 Å². The lowest BCUT2D eigenvalue weighted by Gasteiger charge is -2.11. The first-order valence-corrected chi connectivity index (χ1v) is 8.19. The highest BCUT2D eigenvalue weighted by molar-refractivity contribution is 7.90. The van der Waals surface area contributed by atoms with E-state index in [0.717, 1.165) is 6.26 Å². The molecule has 0 radical (unpaired) electrons. The fraction of sp³-hybridized carbons (Fsp3) is 0.462. The van der Waals surface area contributed by atoms with Gasteiger partial charge in [-0.1, -0.05) is 13.8 Å². The molecule has 6 nitrogen and oxygen atoms in total. The number of hydrogen-bond acceptors (Lipinski definition) is 5. The molecule has 7 heteroatoms. The van der Waals surface area contributed by atoms with Gasteiger partial charge in [-0.3, -0.25) is 4.79 Å². The van der Waals surface area contributed by atoms with Crippen LogP contribution in [0.4, 0.5) is 11.4 Å². The molecule has 0 heterocycles. The smallest absolute Gasteiger partial charge is 0.239 e. The summed E-state index contributed by atoms with van der Waals surface area (Å²) in [6, 6.07) is 4.39. The first-order chi connectivity index (χ1) is 9.20. The minimum Gasteiger partial charge on any atom is -0.397 e. The largest absolute Gasteiger partial charge is 0.397 e. The van der Waals surface area contributed by atoms with Gasteiger partial charge >= 0.3 is 0 Å². The molecule has 112 valence electrons. The number of amides is 1. The standard InChI is InChI=1S/C13H21N3O3S/c1-9(2)7-16-13(17)8-15-12-5-4-10(6-11(12)14)20(3,18)19/h4-6,9,15H,7-8,14H2,1-3H3,(H,16,17). The van der Waals surface area contributed by atoms with Gasteiger partial charge < -0.3 is 16.4 Å². The number of hydrogen-bond donors (Lipinski definition) is 3. The molecule has 0 fully saturated rings. The molecule has 0 bridgehead atoms. The first-order valence-electron chi connectivity index (χ1n) is 6.30. The second kappa shape index (κ2) is 6.60. The summed E-state index contributed by atoms with van der Waals surface area (Å²) in [6.45, 7) is 4.73. The average molecular weight is 299 g/mol. The Balaban J connectivity index is 2.64. The van der Waals surface area contributed by atoms with Crippen LogP contribution in [0.1, 0.15) is 13.8 Å². The number of nitrogens with one attached hydrogen (secondary N) is 2. The molecule has 0 aliphatic carbocycles. The van der Waals surface area contributed by atoms with Crippen LogP contribution in [-0.2, 0) is 14.6 Å². The minimum absolute atomic E-state index is 0.0924. The lowest BCUT2D eigenvalue weighted by atomic mass is 10.2. The van der Waals surface area contributed by atoms with Crippen molar-refractivity contribution in [2.24, 2.45) is 5.92 Å². The lowest BCUT2D eigenvalue weighted by molar-refractivity contribution is -0.119. The predicted octanol–water partition coefficient (Wildman–Crippen LogP) is 0.856. The summed E-state index contributed by atoms with van der Waals surface area (Å²) in [7, 11) is -3.28. The number of rotatable bonds is 6. The highest BCUT2D eigenvalue weighted by Crippen LogP contribution is 2.22. The van der Waals surface area contributed by atoms with Crippen LogP contribution in [0.15, 0.2) is 23.1 Å². The van der Waals surface area contributed by atoms with E-state index in [4.69, 9.17) is 5.73 Å². The SMILES string of the molecule is CC(C)CNC(=O)CNc1ccc(S(C)(=O)=O)cc1N. The van der Waals surface area contributed by atoms with Crippen LogP contribution in [0.5, 0.6) is 0 Å². The topological polar surface area (TPSA) is 101 Å². The zero-order chi connectivity index (χ0) is 15.3. The Bertz CT molecular complexity index is 583. The van der Waals surface area contributed by atoms with Crippen molar-refractivity contribution in [3.63, 3.8) is 0 Å². The van der Waals surface area contributed by atoms with E-state index >= 15 is 0 Å². The monoisotopic (exact) mass is 299 g/mol. The Kier molecular flexibility index (Phi) is 5.38. The van der Waals surface area contributed by atoms with Gasteiger partial charge in [0.25, 0.3) is 0 Å². The van der Waals surface area contributed by atoms with Crippen molar-refractivity contribution in [2.75, 3.05) is 30.4 Å². The van der Waals surface area contributed by atoms with E-state index in [1.165, 1.54) is 12.1 Å². The van der Waals surface area contributed by atoms with Crippen molar-refractivity contribution < 1.29 is 13.2 Å². The Labute approximate surface area is 119 Å². The normalized spacial score (nSPS) is 11.4. The van der Waals surface area contributed by atoms with Crippen LogP contribution in [0, 0.1) is 5.92 Å². The molecular weight excluding hydrogens is 278 g/mol. The molecule has 0 saturated heterocycles. The van der Waals surface area contributed by atoms with Gasteiger partial charge in [0.2, 0.25) is 5.91 Å². The van der Waals surface area contributed by atoms with Crippen molar-refractivity contribution >= 4 is 27.1 Å². The van der Waals surface area contributed by atoms with Crippen LogP contribution in [0.3, 0.4) is 0 Å². The van der Waals surface area contributed by atoms with Gasteiger partial charge in [-0.2, -0.15) is 0 Å². The summed E-state index contributed by atoms with van der Waals surface area (Å²) < 4.78 is 22.7. The summed E-state index contributed by atoms with van der Waals surface area (Å²) in [5.41, 5.74) is 6.60. The third-order valence-corrected chi connectivity index (χ3v) is 3.71. The van der Waals surface area contributed by atoms with Crippen molar-refractivity contribution in [1.82, 2.24) is 5.32 Å². The van der Waals surface area contributed by atoms with E-state index in [0.29, 0.717) is 23.8 Å². The van der Waals surface area contributed by atoms with Crippen LogP contribution < -0.4 is 16.4 Å². The predicted molar refractivity (Wildman–Crippen MR) is 80.3 cm³/mol. The molecular formula is C13H21N3O3S. The van der Waals surface area contributed by atoms with Crippen LogP contribution in [0.2, 0.25) is 0 Å². The molecule has 20 heavy (non-hydrogen) atoms. The van der Waals surface area contributed by atoms with Gasteiger partial charge in [-0.25, -0.2) is 8.42 Å². The molecule has 0 aromatic heterocycles. The zero-order valence-corrected chi connectivity index (χ0v) is 12.8. The molecule has 0 unspecified atom stereocenters. The molecule has 1 amide bonds. The van der Waals surface area contributed by atoms with E-state index in [-0.39, 0.29) is 17.3 Å². The van der Waals surface area contributed by atoms with Gasteiger partial charge in [0.1, 0.15) is 0 Å². The van der Waals surface area contributed by atoms with Crippen molar-refractivity contribution in [3.8, 4) is 0 Å². The van der Waals surface area contributed by atoms with E-state index < -0.39 is 9.84 Å². The zero-order valence-electron chi connectivity index (χ0n) is 11.9. The number of carbonyl (C=O) groups is 1. The molecule has 0 aliphatic rings. The lowest BCUT2D eigenvalue weighted by Crippen LogP contribution is -2.32. The van der Waals surface area contributed by atoms with E-state index in [2.05, 4.69) is 10.6 Å². The molecule has 1 aromatic rings. The average Bonchev–Trinajstić information content (AvgIpc) is 2.33. The molecule has 1 aromatic carbocycles. The number of anilines is 2. The second-order valence-corrected chi connectivity index (χ2v) is 7.09. The van der Waals surface area contributed by atoms with Crippen LogP contribution in [-0.4, -0.2) is 33.7 Å². The number of benzene rings is 1. The van der Waals surface area contributed by atoms with Gasteiger partial charge in [-0.15, -0.1) is 0 Å². The molecule has 4 N–H and O–H groups in total.